The van der Waals surface area contributed by atoms with Crippen molar-refractivity contribution in [3.8, 4) is 0 Å². The van der Waals surface area contributed by atoms with Crippen molar-refractivity contribution >= 4 is 5.69 Å². The summed E-state index contributed by atoms with van der Waals surface area (Å²) in [6, 6.07) is 15.0. The lowest BCUT2D eigenvalue weighted by molar-refractivity contribution is -0.710. The third kappa shape index (κ3) is 2.22. The first-order valence-electron chi connectivity index (χ1n) is 5.55. The van der Waals surface area contributed by atoms with Gasteiger partial charge < -0.3 is 5.32 Å². The van der Waals surface area contributed by atoms with Crippen LogP contribution in [0.4, 0.5) is 5.69 Å². The number of anilines is 1. The van der Waals surface area contributed by atoms with Gasteiger partial charge in [0.2, 0.25) is 0 Å². The fraction of sp³-hybridized carbons (Fsp3) is 0.214. The highest BCUT2D eigenvalue weighted by molar-refractivity contribution is 5.38. The number of nitrogens with zero attached hydrogens (tertiary/aromatic N) is 1. The van der Waals surface area contributed by atoms with Gasteiger partial charge in [0, 0.05) is 37.4 Å². The number of rotatable bonds is 3. The lowest BCUT2D eigenvalue weighted by atomic mass is 10.1. The number of benzene rings is 1. The second-order valence-corrected chi connectivity index (χ2v) is 3.87. The van der Waals surface area contributed by atoms with Gasteiger partial charge >= 0.3 is 0 Å². The first kappa shape index (κ1) is 10.7. The van der Waals surface area contributed by atoms with Gasteiger partial charge in [-0.05, 0) is 0 Å². The molecule has 2 heteroatoms. The second-order valence-electron chi connectivity index (χ2n) is 3.87. The van der Waals surface area contributed by atoms with Crippen molar-refractivity contribution in [2.45, 2.75) is 13.0 Å². The molecule has 1 aromatic heterocycles. The van der Waals surface area contributed by atoms with Crippen LogP contribution in [0.25, 0.3) is 0 Å². The fourth-order valence-corrected chi connectivity index (χ4v) is 1.77. The monoisotopic (exact) mass is 213 g/mol. The first-order valence-corrected chi connectivity index (χ1v) is 5.55. The van der Waals surface area contributed by atoms with Crippen LogP contribution >= 0.6 is 0 Å². The van der Waals surface area contributed by atoms with Crippen molar-refractivity contribution < 1.29 is 4.57 Å². The van der Waals surface area contributed by atoms with E-state index >= 15 is 0 Å². The van der Waals surface area contributed by atoms with E-state index in [0.717, 1.165) is 5.69 Å². The zero-order valence-corrected chi connectivity index (χ0v) is 9.72. The molecule has 0 fully saturated rings. The molecule has 0 aliphatic rings. The van der Waals surface area contributed by atoms with Crippen LogP contribution in [0.3, 0.4) is 0 Å². The average molecular weight is 213 g/mol. The Morgan fingerprint density at radius 3 is 2.19 bits per heavy atom. The van der Waals surface area contributed by atoms with E-state index in [4.69, 9.17) is 0 Å². The number of hydrogen-bond acceptors (Lipinski definition) is 1. The summed E-state index contributed by atoms with van der Waals surface area (Å²) in [5.41, 5.74) is 2.46. The molecule has 0 aliphatic carbocycles. The third-order valence-corrected chi connectivity index (χ3v) is 2.87. The van der Waals surface area contributed by atoms with Crippen LogP contribution in [-0.4, -0.2) is 7.05 Å². The topological polar surface area (TPSA) is 15.9 Å². The summed E-state index contributed by atoms with van der Waals surface area (Å²) in [6.45, 7) is 2.20. The van der Waals surface area contributed by atoms with Crippen LogP contribution in [0.5, 0.6) is 0 Å². The van der Waals surface area contributed by atoms with Gasteiger partial charge in [-0.2, -0.15) is 4.57 Å². The lowest BCUT2D eigenvalue weighted by Gasteiger charge is -2.07. The average Bonchev–Trinajstić information content (AvgIpc) is 2.39. The highest BCUT2D eigenvalue weighted by Crippen LogP contribution is 2.11. The van der Waals surface area contributed by atoms with Crippen molar-refractivity contribution in [3.05, 3.63) is 60.4 Å². The van der Waals surface area contributed by atoms with Crippen LogP contribution < -0.4 is 9.88 Å². The molecule has 1 atom stereocenters. The molecule has 0 aliphatic heterocycles. The van der Waals surface area contributed by atoms with Gasteiger partial charge in [-0.15, -0.1) is 0 Å². The predicted octanol–water partition coefficient (Wildman–Crippen LogP) is 2.63. The molecule has 0 spiro atoms. The summed E-state index contributed by atoms with van der Waals surface area (Å²) in [5.74, 6) is 0. The van der Waals surface area contributed by atoms with Gasteiger partial charge in [-0.25, -0.2) is 0 Å². The molecule has 0 saturated heterocycles. The maximum Gasteiger partial charge on any atom is 0.180 e. The van der Waals surface area contributed by atoms with E-state index in [0.29, 0.717) is 6.04 Å². The van der Waals surface area contributed by atoms with E-state index in [9.17, 15) is 0 Å². The zero-order chi connectivity index (χ0) is 11.4. The van der Waals surface area contributed by atoms with Crippen LogP contribution in [0.1, 0.15) is 18.5 Å². The third-order valence-electron chi connectivity index (χ3n) is 2.87. The molecule has 0 bridgehead atoms. The minimum absolute atomic E-state index is 0.368. The smallest absolute Gasteiger partial charge is 0.180 e. The molecule has 2 nitrogen and oxygen atoms in total. The summed E-state index contributed by atoms with van der Waals surface area (Å²) in [6.07, 6.45) is 4.20. The number of hydrogen-bond donors (Lipinski definition) is 1. The summed E-state index contributed by atoms with van der Waals surface area (Å²) >= 11 is 0. The van der Waals surface area contributed by atoms with Crippen LogP contribution in [0.2, 0.25) is 0 Å². The molecular formula is C14H17N2+. The second kappa shape index (κ2) is 4.79. The molecule has 1 aromatic carbocycles. The molecule has 1 unspecified atom stereocenters. The molecule has 1 N–H and O–H groups in total. The molecule has 1 heterocycles. The van der Waals surface area contributed by atoms with Crippen molar-refractivity contribution in [1.82, 2.24) is 0 Å². The Bertz CT molecular complexity index is 434. The van der Waals surface area contributed by atoms with Crippen molar-refractivity contribution in [2.75, 3.05) is 12.4 Å². The van der Waals surface area contributed by atoms with Gasteiger partial charge in [0.25, 0.3) is 0 Å². The van der Waals surface area contributed by atoms with E-state index in [1.54, 1.807) is 0 Å². The van der Waals surface area contributed by atoms with E-state index in [2.05, 4.69) is 65.6 Å². The summed E-state index contributed by atoms with van der Waals surface area (Å²) in [7, 11) is 1.93. The molecule has 0 amide bonds. The highest BCUT2D eigenvalue weighted by Gasteiger charge is 2.13. The molecule has 82 valence electrons. The Balaban J connectivity index is 2.24. The van der Waals surface area contributed by atoms with Crippen LogP contribution in [-0.2, 0) is 0 Å². The van der Waals surface area contributed by atoms with Crippen molar-refractivity contribution in [1.29, 1.82) is 0 Å². The molecule has 0 saturated carbocycles. The minimum atomic E-state index is 0.368. The van der Waals surface area contributed by atoms with Crippen molar-refractivity contribution in [3.63, 3.8) is 0 Å². The summed E-state index contributed by atoms with van der Waals surface area (Å²) in [4.78, 5) is 0. The van der Waals surface area contributed by atoms with Gasteiger partial charge in [0.15, 0.2) is 18.4 Å². The largest absolute Gasteiger partial charge is 0.388 e. The molecule has 2 rings (SSSR count). The zero-order valence-electron chi connectivity index (χ0n) is 9.72. The Hall–Kier alpha value is -1.83. The minimum Gasteiger partial charge on any atom is -0.388 e. The van der Waals surface area contributed by atoms with Gasteiger partial charge in [-0.3, -0.25) is 0 Å². The Morgan fingerprint density at radius 1 is 1.00 bits per heavy atom. The number of aromatic nitrogens is 1. The standard InChI is InChI=1S/C14H16N2/c1-12(13-6-4-3-5-7-13)16-10-8-14(15-2)9-11-16/h3-12H,1-2H3/p+1. The normalized spacial score (nSPS) is 12.1. The van der Waals surface area contributed by atoms with E-state index in [-0.39, 0.29) is 0 Å². The lowest BCUT2D eigenvalue weighted by Crippen LogP contribution is -2.37. The van der Waals surface area contributed by atoms with Crippen LogP contribution in [0, 0.1) is 0 Å². The molecule has 2 aromatic rings. The van der Waals surface area contributed by atoms with Crippen LogP contribution in [0.15, 0.2) is 54.9 Å². The molecule has 0 radical (unpaired) electrons. The quantitative estimate of drug-likeness (QED) is 0.775. The van der Waals surface area contributed by atoms with Gasteiger partial charge in [-0.1, -0.05) is 30.3 Å². The maximum atomic E-state index is 3.12. The first-order chi connectivity index (χ1) is 7.81. The number of pyridine rings is 1. The van der Waals surface area contributed by atoms with Gasteiger partial charge in [0.1, 0.15) is 0 Å². The summed E-state index contributed by atoms with van der Waals surface area (Å²) in [5, 5.41) is 3.12. The summed E-state index contributed by atoms with van der Waals surface area (Å²) < 4.78 is 2.20. The van der Waals surface area contributed by atoms with Gasteiger partial charge in [0.05, 0.1) is 0 Å². The molecule has 16 heavy (non-hydrogen) atoms. The van der Waals surface area contributed by atoms with E-state index < -0.39 is 0 Å². The molecular weight excluding hydrogens is 196 g/mol. The highest BCUT2D eigenvalue weighted by atomic mass is 15.0. The Labute approximate surface area is 96.6 Å². The van der Waals surface area contributed by atoms with E-state index in [1.165, 1.54) is 5.56 Å². The van der Waals surface area contributed by atoms with Crippen molar-refractivity contribution in [2.24, 2.45) is 0 Å². The maximum absolute atomic E-state index is 3.12. The predicted molar refractivity (Wildman–Crippen MR) is 66.4 cm³/mol. The van der Waals surface area contributed by atoms with E-state index in [1.807, 2.05) is 13.1 Å². The number of nitrogens with one attached hydrogen (secondary N) is 1. The fourth-order valence-electron chi connectivity index (χ4n) is 1.77. The Morgan fingerprint density at radius 2 is 1.62 bits per heavy atom. The Kier molecular flexibility index (Phi) is 3.20. The SMILES string of the molecule is CNc1cc[n+](C(C)c2ccccc2)cc1.